The van der Waals surface area contributed by atoms with Crippen molar-refractivity contribution in [3.05, 3.63) is 126 Å². The molecule has 0 bridgehead atoms. The number of phenols is 3. The highest BCUT2D eigenvalue weighted by molar-refractivity contribution is 6.00. The topological polar surface area (TPSA) is 545 Å². The predicted molar refractivity (Wildman–Crippen MR) is 381 cm³/mol. The number of rotatable bonds is 42. The number of nitrogens with two attached hydrogens (primary N) is 2. The van der Waals surface area contributed by atoms with E-state index in [1.807, 2.05) is 0 Å². The van der Waals surface area contributed by atoms with Crippen LogP contribution < -0.4 is 70.0 Å². The standard InChI is InChI=1S/C71H99N17O17/c1-10-38(7)59(87-62(95)49(72)25-41-12-18-46(89)19-13-41)69(102)83-51(26-42-14-20-47(90)21-15-42)64(97)82-54(30-56(73)92)67(100)86-58(37(5)6)68(101)79-40(9)61(94)76-33-57(93)80-50(24-36(3)4)63(96)81-52(27-43-16-22-48(91)23-17-43)66(99)88-60(39(8)11-2)70(103)84-53(28-44-31-74-34-77-44)65(98)85-55(71(104)105)29-45-32-75-35-78-45/h12-23,31-32,34-40,49-55,58-60,89-91H,10-11,24-30,33,72H2,1-9H3,(H2,73,92)(H,74,77)(H,75,78)(H,76,94)(H,79,101)(H,80,93)(H,81,96)(H,82,97)(H,83,102)(H,84,103)(H,85,98)(H,86,100)(H,87,95)(H,88,99)(H,104,105)/t38-,39-,40-,49-,50-,51-,52-,53-,54-,55-,58-,59-,60-/m0/s1. The number of imidazole rings is 2. The molecule has 2 aromatic heterocycles. The molecule has 0 saturated carbocycles. The molecule has 0 aliphatic carbocycles. The van der Waals surface area contributed by atoms with E-state index >= 15 is 0 Å². The molecular weight excluding hydrogens is 1360 g/mol. The quantitative estimate of drug-likeness (QED) is 0.0219. The maximum Gasteiger partial charge on any atom is 0.326 e. The van der Waals surface area contributed by atoms with Gasteiger partial charge in [0.25, 0.3) is 0 Å². The summed E-state index contributed by atoms with van der Waals surface area (Å²) in [7, 11) is 0. The van der Waals surface area contributed by atoms with E-state index in [0.29, 0.717) is 40.9 Å². The van der Waals surface area contributed by atoms with Crippen LogP contribution in [-0.2, 0) is 94.4 Å². The van der Waals surface area contributed by atoms with Crippen molar-refractivity contribution >= 4 is 76.9 Å². The number of aromatic hydroxyl groups is 3. The third-order valence-corrected chi connectivity index (χ3v) is 17.3. The molecule has 0 saturated heterocycles. The van der Waals surface area contributed by atoms with E-state index < -0.39 is 174 Å². The Bertz CT molecular complexity index is 3750. The minimum absolute atomic E-state index is 0.00254. The van der Waals surface area contributed by atoms with E-state index in [-0.39, 0.29) is 61.7 Å². The second-order valence-electron chi connectivity index (χ2n) is 26.7. The highest BCUT2D eigenvalue weighted by Gasteiger charge is 2.38. The van der Waals surface area contributed by atoms with Gasteiger partial charge in [-0.25, -0.2) is 14.8 Å². The molecule has 0 fully saturated rings. The lowest BCUT2D eigenvalue weighted by Crippen LogP contribution is -2.61. The van der Waals surface area contributed by atoms with E-state index in [4.69, 9.17) is 11.5 Å². The Balaban J connectivity index is 1.26. The number of carbonyl (C=O) groups excluding carboxylic acids is 12. The molecule has 570 valence electrons. The van der Waals surface area contributed by atoms with Gasteiger partial charge in [0.05, 0.1) is 43.0 Å². The van der Waals surface area contributed by atoms with Gasteiger partial charge in [-0.2, -0.15) is 0 Å². The van der Waals surface area contributed by atoms with Crippen molar-refractivity contribution in [2.24, 2.45) is 35.1 Å². The fourth-order valence-electron chi connectivity index (χ4n) is 10.9. The fourth-order valence-corrected chi connectivity index (χ4v) is 10.9. The Kier molecular flexibility index (Phi) is 32.9. The Morgan fingerprint density at radius 2 is 0.800 bits per heavy atom. The molecule has 105 heavy (non-hydrogen) atoms. The molecule has 5 rings (SSSR count). The summed E-state index contributed by atoms with van der Waals surface area (Å²) in [4.78, 5) is 193. The lowest BCUT2D eigenvalue weighted by molar-refractivity contribution is -0.142. The summed E-state index contributed by atoms with van der Waals surface area (Å²) in [5, 5.41) is 68.1. The summed E-state index contributed by atoms with van der Waals surface area (Å²) in [6.07, 6.45) is 4.69. The van der Waals surface area contributed by atoms with Gasteiger partial charge in [-0.15, -0.1) is 0 Å². The van der Waals surface area contributed by atoms with Gasteiger partial charge in [-0.3, -0.25) is 57.5 Å². The minimum atomic E-state index is -1.77. The average Bonchev–Trinajstić information content (AvgIpc) is 1.08. The summed E-state index contributed by atoms with van der Waals surface area (Å²) in [5.74, 6) is -14.5. The van der Waals surface area contributed by atoms with Crippen LogP contribution in [0.3, 0.4) is 0 Å². The van der Waals surface area contributed by atoms with E-state index in [2.05, 4.69) is 78.4 Å². The zero-order valence-electron chi connectivity index (χ0n) is 60.1. The SMILES string of the molecule is CC[C@H](C)[C@H](NC(=O)[C@H](Cc1ccc(O)cc1)NC(=O)[C@H](CC(C)C)NC(=O)CNC(=O)[C@H](C)NC(=O)[C@@H](NC(=O)[C@H](CC(N)=O)NC(=O)[C@H](Cc1ccc(O)cc1)NC(=O)[C@@H](NC(=O)[C@@H](N)Cc1ccc(O)cc1)[C@@H](C)CC)C(C)C)C(=O)N[C@@H](Cc1c[nH]cn1)C(=O)N[C@@H](Cc1c[nH]cn1)C(=O)O. The number of aromatic nitrogens is 4. The first kappa shape index (κ1) is 84.2. The highest BCUT2D eigenvalue weighted by atomic mass is 16.4. The van der Waals surface area contributed by atoms with Gasteiger partial charge < -0.3 is 100 Å². The second kappa shape index (κ2) is 41.0. The third kappa shape index (κ3) is 27.7. The number of nitrogens with zero attached hydrogens (tertiary/aromatic N) is 2. The van der Waals surface area contributed by atoms with Gasteiger partial charge in [0.2, 0.25) is 70.9 Å². The zero-order chi connectivity index (χ0) is 77.8. The third-order valence-electron chi connectivity index (χ3n) is 17.3. The van der Waals surface area contributed by atoms with E-state index in [9.17, 15) is 82.8 Å². The maximum absolute atomic E-state index is 14.6. The molecule has 21 N–H and O–H groups in total. The molecule has 34 heteroatoms. The molecule has 0 spiro atoms. The first-order chi connectivity index (χ1) is 49.6. The van der Waals surface area contributed by atoms with Crippen molar-refractivity contribution in [1.82, 2.24) is 78.4 Å². The van der Waals surface area contributed by atoms with Crippen LogP contribution >= 0.6 is 0 Å². The molecule has 0 radical (unpaired) electrons. The number of amides is 12. The van der Waals surface area contributed by atoms with Gasteiger partial charge >= 0.3 is 5.97 Å². The number of phenolic OH excluding ortho intramolecular Hbond substituents is 3. The molecular formula is C71H99N17O17. The van der Waals surface area contributed by atoms with Crippen LogP contribution in [0.5, 0.6) is 17.2 Å². The zero-order valence-corrected chi connectivity index (χ0v) is 60.1. The summed E-state index contributed by atoms with van der Waals surface area (Å²) in [6.45, 7) is 14.0. The van der Waals surface area contributed by atoms with E-state index in [1.54, 1.807) is 67.5 Å². The molecule has 3 aromatic carbocycles. The molecule has 12 amide bonds. The van der Waals surface area contributed by atoms with Crippen molar-refractivity contribution in [2.75, 3.05) is 6.54 Å². The average molecular weight is 1460 g/mol. The van der Waals surface area contributed by atoms with Crippen LogP contribution in [0, 0.1) is 23.7 Å². The van der Waals surface area contributed by atoms with Gasteiger partial charge in [0, 0.05) is 38.1 Å². The van der Waals surface area contributed by atoms with Gasteiger partial charge in [0.15, 0.2) is 0 Å². The van der Waals surface area contributed by atoms with Crippen molar-refractivity contribution in [1.29, 1.82) is 0 Å². The number of benzene rings is 3. The number of nitrogens with one attached hydrogen (secondary N) is 13. The Morgan fingerprint density at radius 1 is 0.429 bits per heavy atom. The Labute approximate surface area is 607 Å². The van der Waals surface area contributed by atoms with Crippen LogP contribution in [0.1, 0.15) is 116 Å². The second-order valence-corrected chi connectivity index (χ2v) is 26.7. The number of aromatic amines is 2. The summed E-state index contributed by atoms with van der Waals surface area (Å²) < 4.78 is 0. The summed E-state index contributed by atoms with van der Waals surface area (Å²) in [5.41, 5.74) is 14.0. The minimum Gasteiger partial charge on any atom is -0.508 e. The number of hydrogen-bond acceptors (Lipinski definition) is 19. The summed E-state index contributed by atoms with van der Waals surface area (Å²) >= 11 is 0. The van der Waals surface area contributed by atoms with Gasteiger partial charge in [-0.1, -0.05) is 105 Å². The lowest BCUT2D eigenvalue weighted by atomic mass is 9.96. The molecule has 0 aliphatic rings. The molecule has 0 aliphatic heterocycles. The number of hydrogen-bond donors (Lipinski definition) is 19. The number of aliphatic carboxylic acids is 1. The van der Waals surface area contributed by atoms with Crippen molar-refractivity contribution < 1.29 is 82.8 Å². The fraction of sp³-hybridized carbons (Fsp3) is 0.479. The Morgan fingerprint density at radius 3 is 1.22 bits per heavy atom. The monoisotopic (exact) mass is 1460 g/mol. The van der Waals surface area contributed by atoms with Crippen molar-refractivity contribution in [2.45, 2.75) is 187 Å². The molecule has 2 heterocycles. The number of carboxylic acid groups (broad SMARTS) is 1. The number of carboxylic acids is 1. The first-order valence-electron chi connectivity index (χ1n) is 34.5. The van der Waals surface area contributed by atoms with Crippen LogP contribution in [-0.4, -0.2) is 190 Å². The number of H-pyrrole nitrogens is 2. The van der Waals surface area contributed by atoms with Crippen LogP contribution in [0.4, 0.5) is 0 Å². The molecule has 34 nitrogen and oxygen atoms in total. The van der Waals surface area contributed by atoms with E-state index in [1.165, 1.54) is 92.6 Å². The number of primary amides is 1. The molecule has 0 unspecified atom stereocenters. The summed E-state index contributed by atoms with van der Waals surface area (Å²) in [6, 6.07) is 1.80. The van der Waals surface area contributed by atoms with Crippen LogP contribution in [0.15, 0.2) is 97.8 Å². The van der Waals surface area contributed by atoms with Crippen LogP contribution in [0.2, 0.25) is 0 Å². The highest BCUT2D eigenvalue weighted by Crippen LogP contribution is 2.19. The smallest absolute Gasteiger partial charge is 0.326 e. The Hall–Kier alpha value is -11.5. The van der Waals surface area contributed by atoms with Crippen LogP contribution in [0.25, 0.3) is 0 Å². The largest absolute Gasteiger partial charge is 0.508 e. The molecule has 13 atom stereocenters. The first-order valence-corrected chi connectivity index (χ1v) is 34.5. The van der Waals surface area contributed by atoms with Crippen molar-refractivity contribution in [3.63, 3.8) is 0 Å². The van der Waals surface area contributed by atoms with Crippen molar-refractivity contribution in [3.8, 4) is 17.2 Å². The normalized spacial score (nSPS) is 14.9. The predicted octanol–water partition coefficient (Wildman–Crippen LogP) is -1.17. The van der Waals surface area contributed by atoms with E-state index in [0.717, 1.165) is 0 Å². The number of carbonyl (C=O) groups is 13. The maximum atomic E-state index is 14.6. The van der Waals surface area contributed by atoms with Gasteiger partial charge in [0.1, 0.15) is 77.7 Å². The lowest BCUT2D eigenvalue weighted by Gasteiger charge is -2.29. The van der Waals surface area contributed by atoms with Gasteiger partial charge in [-0.05, 0) is 96.5 Å². The molecule has 5 aromatic rings.